The van der Waals surface area contributed by atoms with Crippen LogP contribution in [0, 0.1) is 5.92 Å². The van der Waals surface area contributed by atoms with E-state index in [0.717, 1.165) is 37.8 Å². The van der Waals surface area contributed by atoms with Crippen molar-refractivity contribution in [3.63, 3.8) is 0 Å². The summed E-state index contributed by atoms with van der Waals surface area (Å²) < 4.78 is 10.0. The zero-order valence-electron chi connectivity index (χ0n) is 14.4. The third-order valence-corrected chi connectivity index (χ3v) is 3.27. The Labute approximate surface area is 135 Å². The summed E-state index contributed by atoms with van der Waals surface area (Å²) in [5.74, 6) is -0.362. The van der Waals surface area contributed by atoms with Crippen molar-refractivity contribution >= 4 is 11.9 Å². The molecule has 0 N–H and O–H groups in total. The van der Waals surface area contributed by atoms with Gasteiger partial charge >= 0.3 is 11.9 Å². The van der Waals surface area contributed by atoms with Gasteiger partial charge in [0, 0.05) is 12.2 Å². The molecule has 128 valence electrons. The van der Waals surface area contributed by atoms with Gasteiger partial charge in [0.15, 0.2) is 0 Å². The molecule has 0 aliphatic rings. The molecule has 0 atom stereocenters. The van der Waals surface area contributed by atoms with Crippen LogP contribution in [0.4, 0.5) is 0 Å². The minimum atomic E-state index is -0.486. The van der Waals surface area contributed by atoms with Gasteiger partial charge in [0.05, 0.1) is 13.2 Å². The van der Waals surface area contributed by atoms with Crippen LogP contribution in [-0.2, 0) is 19.1 Å². The van der Waals surface area contributed by atoms with Gasteiger partial charge in [-0.05, 0) is 25.2 Å². The number of hydrogen-bond acceptors (Lipinski definition) is 4. The fraction of sp³-hybridized carbons (Fsp3) is 0.778. The largest absolute Gasteiger partial charge is 0.463 e. The molecule has 0 unspecified atom stereocenters. The molecule has 0 heterocycles. The van der Waals surface area contributed by atoms with E-state index in [1.165, 1.54) is 25.7 Å². The second-order valence-electron chi connectivity index (χ2n) is 5.97. The Morgan fingerprint density at radius 1 is 0.818 bits per heavy atom. The van der Waals surface area contributed by atoms with Gasteiger partial charge < -0.3 is 9.47 Å². The maximum atomic E-state index is 11.4. The Balaban J connectivity index is 3.54. The van der Waals surface area contributed by atoms with E-state index < -0.39 is 11.9 Å². The van der Waals surface area contributed by atoms with E-state index in [9.17, 15) is 9.59 Å². The highest BCUT2D eigenvalue weighted by molar-refractivity contribution is 5.91. The van der Waals surface area contributed by atoms with E-state index in [-0.39, 0.29) is 0 Å². The van der Waals surface area contributed by atoms with Crippen molar-refractivity contribution in [3.05, 3.63) is 12.2 Å². The smallest absolute Gasteiger partial charge is 0.331 e. The third-order valence-electron chi connectivity index (χ3n) is 3.27. The highest BCUT2D eigenvalue weighted by atomic mass is 16.5. The van der Waals surface area contributed by atoms with Crippen LogP contribution in [0.25, 0.3) is 0 Å². The first kappa shape index (κ1) is 20.7. The van der Waals surface area contributed by atoms with E-state index in [0.29, 0.717) is 19.1 Å². The Morgan fingerprint density at radius 3 is 1.86 bits per heavy atom. The molecule has 22 heavy (non-hydrogen) atoms. The molecule has 0 bridgehead atoms. The molecule has 0 aromatic heterocycles. The van der Waals surface area contributed by atoms with Crippen LogP contribution in [0.1, 0.15) is 72.1 Å². The van der Waals surface area contributed by atoms with Gasteiger partial charge in [-0.15, -0.1) is 0 Å². The first-order valence-electron chi connectivity index (χ1n) is 8.57. The standard InChI is InChI=1S/C18H32O4/c1-4-5-6-7-8-9-14-21-17(19)12-13-18(20)22-15-10-11-16(2)3/h12-13,16H,4-11,14-15H2,1-3H3/b13-12+. The molecule has 4 nitrogen and oxygen atoms in total. The van der Waals surface area contributed by atoms with Crippen LogP contribution in [0.3, 0.4) is 0 Å². The molecule has 0 fully saturated rings. The van der Waals surface area contributed by atoms with Crippen molar-refractivity contribution in [2.24, 2.45) is 5.92 Å². The normalized spacial score (nSPS) is 11.1. The van der Waals surface area contributed by atoms with Crippen LogP contribution >= 0.6 is 0 Å². The average Bonchev–Trinajstić information content (AvgIpc) is 2.48. The lowest BCUT2D eigenvalue weighted by Crippen LogP contribution is -2.06. The zero-order valence-corrected chi connectivity index (χ0v) is 14.4. The molecule has 0 aromatic carbocycles. The number of esters is 2. The van der Waals surface area contributed by atoms with Crippen molar-refractivity contribution in [2.45, 2.75) is 72.1 Å². The molecule has 0 saturated carbocycles. The lowest BCUT2D eigenvalue weighted by Gasteiger charge is -2.04. The summed E-state index contributed by atoms with van der Waals surface area (Å²) in [6.07, 6.45) is 11.0. The monoisotopic (exact) mass is 312 g/mol. The summed E-state index contributed by atoms with van der Waals surface area (Å²) in [6.45, 7) is 7.25. The topological polar surface area (TPSA) is 52.6 Å². The SMILES string of the molecule is CCCCCCCCOC(=O)/C=C/C(=O)OCCCC(C)C. The molecule has 0 radical (unpaired) electrons. The number of carbonyl (C=O) groups excluding carboxylic acids is 2. The van der Waals surface area contributed by atoms with Gasteiger partial charge in [-0.3, -0.25) is 0 Å². The predicted molar refractivity (Wildman–Crippen MR) is 88.5 cm³/mol. The van der Waals surface area contributed by atoms with Crippen molar-refractivity contribution in [1.82, 2.24) is 0 Å². The first-order chi connectivity index (χ1) is 10.6. The van der Waals surface area contributed by atoms with Gasteiger partial charge in [-0.1, -0.05) is 52.9 Å². The lowest BCUT2D eigenvalue weighted by atomic mass is 10.1. The maximum Gasteiger partial charge on any atom is 0.331 e. The Bertz CT molecular complexity index is 321. The number of rotatable bonds is 13. The third kappa shape index (κ3) is 15.1. The summed E-state index contributed by atoms with van der Waals surface area (Å²) in [7, 11) is 0. The Kier molecular flexibility index (Phi) is 13.7. The molecule has 0 rings (SSSR count). The van der Waals surface area contributed by atoms with Crippen molar-refractivity contribution in [3.8, 4) is 0 Å². The summed E-state index contributed by atoms with van der Waals surface area (Å²) in [4.78, 5) is 22.7. The van der Waals surface area contributed by atoms with Crippen LogP contribution in [0.2, 0.25) is 0 Å². The van der Waals surface area contributed by atoms with E-state index in [4.69, 9.17) is 9.47 Å². The molecule has 0 aromatic rings. The number of carbonyl (C=O) groups is 2. The van der Waals surface area contributed by atoms with Gasteiger partial charge in [-0.2, -0.15) is 0 Å². The van der Waals surface area contributed by atoms with Crippen LogP contribution < -0.4 is 0 Å². The van der Waals surface area contributed by atoms with Crippen molar-refractivity contribution < 1.29 is 19.1 Å². The molecule has 4 heteroatoms. The van der Waals surface area contributed by atoms with Gasteiger partial charge in [-0.25, -0.2) is 9.59 Å². The van der Waals surface area contributed by atoms with Gasteiger partial charge in [0.2, 0.25) is 0 Å². The van der Waals surface area contributed by atoms with Crippen LogP contribution in [0.5, 0.6) is 0 Å². The predicted octanol–water partition coefficient (Wildman–Crippen LogP) is 4.43. The van der Waals surface area contributed by atoms with E-state index in [2.05, 4.69) is 20.8 Å². The highest BCUT2D eigenvalue weighted by Gasteiger charge is 2.02. The summed E-state index contributed by atoms with van der Waals surface area (Å²) in [5.41, 5.74) is 0. The van der Waals surface area contributed by atoms with E-state index >= 15 is 0 Å². The van der Waals surface area contributed by atoms with Crippen molar-refractivity contribution in [2.75, 3.05) is 13.2 Å². The molecule has 0 amide bonds. The highest BCUT2D eigenvalue weighted by Crippen LogP contribution is 2.05. The zero-order chi connectivity index (χ0) is 16.6. The van der Waals surface area contributed by atoms with Crippen molar-refractivity contribution in [1.29, 1.82) is 0 Å². The Morgan fingerprint density at radius 2 is 1.32 bits per heavy atom. The van der Waals surface area contributed by atoms with E-state index in [1.54, 1.807) is 0 Å². The average molecular weight is 312 g/mol. The molecular formula is C18H32O4. The first-order valence-corrected chi connectivity index (χ1v) is 8.57. The number of hydrogen-bond donors (Lipinski definition) is 0. The quantitative estimate of drug-likeness (QED) is 0.287. The fourth-order valence-corrected chi connectivity index (χ4v) is 1.95. The summed E-state index contributed by atoms with van der Waals surface area (Å²) >= 11 is 0. The summed E-state index contributed by atoms with van der Waals surface area (Å²) in [6, 6.07) is 0. The molecule has 0 saturated heterocycles. The number of unbranched alkanes of at least 4 members (excludes halogenated alkanes) is 5. The van der Waals surface area contributed by atoms with Crippen LogP contribution in [0.15, 0.2) is 12.2 Å². The molecule has 0 aliphatic carbocycles. The number of ether oxygens (including phenoxy) is 2. The summed E-state index contributed by atoms with van der Waals surface area (Å²) in [5, 5.41) is 0. The van der Waals surface area contributed by atoms with Gasteiger partial charge in [0.1, 0.15) is 0 Å². The molecule has 0 spiro atoms. The second-order valence-corrected chi connectivity index (χ2v) is 5.97. The molecular weight excluding hydrogens is 280 g/mol. The fourth-order valence-electron chi connectivity index (χ4n) is 1.95. The minimum absolute atomic E-state index is 0.397. The lowest BCUT2D eigenvalue weighted by molar-refractivity contribution is -0.140. The maximum absolute atomic E-state index is 11.4. The Hall–Kier alpha value is -1.32. The second kappa shape index (κ2) is 14.6. The molecule has 0 aliphatic heterocycles. The minimum Gasteiger partial charge on any atom is -0.463 e. The van der Waals surface area contributed by atoms with E-state index in [1.807, 2.05) is 0 Å². The van der Waals surface area contributed by atoms with Gasteiger partial charge in [0.25, 0.3) is 0 Å². The van der Waals surface area contributed by atoms with Crippen LogP contribution in [-0.4, -0.2) is 25.2 Å².